The highest BCUT2D eigenvalue weighted by Gasteiger charge is 2.26. The van der Waals surface area contributed by atoms with Crippen LogP contribution >= 0.6 is 11.3 Å². The number of thiophene rings is 1. The molecule has 2 aromatic heterocycles. The van der Waals surface area contributed by atoms with Gasteiger partial charge in [0.25, 0.3) is 0 Å². The highest BCUT2D eigenvalue weighted by molar-refractivity contribution is 7.13. The number of methoxy groups -OCH3 is 1. The van der Waals surface area contributed by atoms with Crippen LogP contribution < -0.4 is 4.74 Å². The average molecular weight is 332 g/mol. The largest absolute Gasteiger partial charge is 0.493 e. The minimum Gasteiger partial charge on any atom is -0.493 e. The van der Waals surface area contributed by atoms with Gasteiger partial charge in [0.1, 0.15) is 5.56 Å². The predicted molar refractivity (Wildman–Crippen MR) is 88.0 cm³/mol. The molecule has 5 nitrogen and oxygen atoms in total. The molecule has 0 aliphatic carbocycles. The number of esters is 1. The van der Waals surface area contributed by atoms with E-state index in [9.17, 15) is 9.90 Å². The molecule has 0 amide bonds. The summed E-state index contributed by atoms with van der Waals surface area (Å²) in [6.07, 6.45) is 0. The zero-order valence-electron chi connectivity index (χ0n) is 12.8. The first-order valence-corrected chi connectivity index (χ1v) is 8.02. The maximum absolute atomic E-state index is 12.5. The Morgan fingerprint density at radius 2 is 2.22 bits per heavy atom. The number of furan rings is 1. The summed E-state index contributed by atoms with van der Waals surface area (Å²) in [6.45, 7) is 1.87. The van der Waals surface area contributed by atoms with Crippen LogP contribution in [0.5, 0.6) is 5.75 Å². The molecule has 0 fully saturated rings. The molecule has 0 bridgehead atoms. The van der Waals surface area contributed by atoms with Crippen LogP contribution in [0.25, 0.3) is 21.6 Å². The molecule has 120 valence electrons. The number of carbonyl (C=O) groups excluding carboxylic acids is 1. The van der Waals surface area contributed by atoms with Gasteiger partial charge >= 0.3 is 5.97 Å². The SMILES string of the molecule is CCOC(=O)c1c(-c2cccs2)oc2c(OC)cc(CO)cc12. The number of carbonyl (C=O) groups is 1. The molecule has 0 saturated heterocycles. The van der Waals surface area contributed by atoms with Crippen molar-refractivity contribution in [3.8, 4) is 16.4 Å². The van der Waals surface area contributed by atoms with E-state index in [0.29, 0.717) is 33.6 Å². The summed E-state index contributed by atoms with van der Waals surface area (Å²) < 4.78 is 16.5. The van der Waals surface area contributed by atoms with Crippen molar-refractivity contribution < 1.29 is 23.8 Å². The summed E-state index contributed by atoms with van der Waals surface area (Å²) in [4.78, 5) is 13.3. The van der Waals surface area contributed by atoms with Crippen molar-refractivity contribution in [2.45, 2.75) is 13.5 Å². The lowest BCUT2D eigenvalue weighted by atomic mass is 10.1. The highest BCUT2D eigenvalue weighted by Crippen LogP contribution is 2.40. The third-order valence-corrected chi connectivity index (χ3v) is 4.31. The number of aliphatic hydroxyl groups excluding tert-OH is 1. The Bertz CT molecular complexity index is 832. The van der Waals surface area contributed by atoms with Crippen molar-refractivity contribution in [3.05, 3.63) is 40.8 Å². The Morgan fingerprint density at radius 3 is 2.83 bits per heavy atom. The molecule has 0 aliphatic heterocycles. The first-order chi connectivity index (χ1) is 11.2. The second-order valence-electron chi connectivity index (χ2n) is 4.84. The van der Waals surface area contributed by atoms with Gasteiger partial charge in [-0.05, 0) is 36.1 Å². The normalized spacial score (nSPS) is 10.9. The van der Waals surface area contributed by atoms with E-state index in [1.54, 1.807) is 19.1 Å². The molecule has 0 unspecified atom stereocenters. The number of hydrogen-bond donors (Lipinski definition) is 1. The van der Waals surface area contributed by atoms with Gasteiger partial charge in [-0.15, -0.1) is 11.3 Å². The Labute approximate surface area is 137 Å². The van der Waals surface area contributed by atoms with Gasteiger partial charge in [0.15, 0.2) is 17.1 Å². The van der Waals surface area contributed by atoms with Crippen LogP contribution in [0.4, 0.5) is 0 Å². The number of benzene rings is 1. The second kappa shape index (κ2) is 6.44. The van der Waals surface area contributed by atoms with E-state index in [1.807, 2.05) is 17.5 Å². The first kappa shape index (κ1) is 15.6. The van der Waals surface area contributed by atoms with Crippen LogP contribution in [0.2, 0.25) is 0 Å². The lowest BCUT2D eigenvalue weighted by molar-refractivity contribution is 0.0529. The topological polar surface area (TPSA) is 68.9 Å². The summed E-state index contributed by atoms with van der Waals surface area (Å²) >= 11 is 1.47. The van der Waals surface area contributed by atoms with Gasteiger partial charge in [-0.25, -0.2) is 4.79 Å². The van der Waals surface area contributed by atoms with Crippen molar-refractivity contribution in [1.82, 2.24) is 0 Å². The molecule has 0 spiro atoms. The lowest BCUT2D eigenvalue weighted by Gasteiger charge is -2.04. The summed E-state index contributed by atoms with van der Waals surface area (Å²) in [5.41, 5.74) is 1.47. The number of aliphatic hydroxyl groups is 1. The Hall–Kier alpha value is -2.31. The van der Waals surface area contributed by atoms with Crippen LogP contribution in [-0.2, 0) is 11.3 Å². The zero-order chi connectivity index (χ0) is 16.4. The molecule has 0 aliphatic rings. The van der Waals surface area contributed by atoms with Gasteiger partial charge in [-0.3, -0.25) is 0 Å². The van der Waals surface area contributed by atoms with Gasteiger partial charge in [0.05, 0.1) is 25.2 Å². The van der Waals surface area contributed by atoms with Gasteiger partial charge in [0, 0.05) is 5.39 Å². The monoisotopic (exact) mass is 332 g/mol. The van der Waals surface area contributed by atoms with E-state index in [4.69, 9.17) is 13.9 Å². The third kappa shape index (κ3) is 2.71. The summed E-state index contributed by atoms with van der Waals surface area (Å²) in [7, 11) is 1.52. The predicted octanol–water partition coefficient (Wildman–Crippen LogP) is 3.84. The van der Waals surface area contributed by atoms with Crippen molar-refractivity contribution in [3.63, 3.8) is 0 Å². The molecule has 3 rings (SSSR count). The molecule has 3 aromatic rings. The fraction of sp³-hybridized carbons (Fsp3) is 0.235. The fourth-order valence-corrected chi connectivity index (χ4v) is 3.17. The Balaban J connectivity index is 2.33. The van der Waals surface area contributed by atoms with E-state index in [-0.39, 0.29) is 13.2 Å². The quantitative estimate of drug-likeness (QED) is 0.719. The molecule has 1 N–H and O–H groups in total. The standard InChI is InChI=1S/C17H16O5S/c1-3-21-17(19)14-11-7-10(9-18)8-12(20-2)15(11)22-16(14)13-5-4-6-23-13/h4-8,18H,3,9H2,1-2H3. The number of hydrogen-bond acceptors (Lipinski definition) is 6. The van der Waals surface area contributed by atoms with E-state index in [0.717, 1.165) is 4.88 Å². The maximum Gasteiger partial charge on any atom is 0.342 e. The van der Waals surface area contributed by atoms with Crippen molar-refractivity contribution in [2.75, 3.05) is 13.7 Å². The molecule has 23 heavy (non-hydrogen) atoms. The number of fused-ring (bicyclic) bond motifs is 1. The van der Waals surface area contributed by atoms with Crippen molar-refractivity contribution in [2.24, 2.45) is 0 Å². The molecule has 0 radical (unpaired) electrons. The highest BCUT2D eigenvalue weighted by atomic mass is 32.1. The smallest absolute Gasteiger partial charge is 0.342 e. The molecular weight excluding hydrogens is 316 g/mol. The summed E-state index contributed by atoms with van der Waals surface area (Å²) in [5, 5.41) is 11.9. The Kier molecular flexibility index (Phi) is 4.36. The maximum atomic E-state index is 12.5. The Morgan fingerprint density at radius 1 is 1.39 bits per heavy atom. The third-order valence-electron chi connectivity index (χ3n) is 3.44. The van der Waals surface area contributed by atoms with Gasteiger partial charge in [-0.2, -0.15) is 0 Å². The van der Waals surface area contributed by atoms with Crippen LogP contribution in [0.1, 0.15) is 22.8 Å². The van der Waals surface area contributed by atoms with Crippen molar-refractivity contribution >= 4 is 28.3 Å². The molecule has 2 heterocycles. The van der Waals surface area contributed by atoms with Crippen LogP contribution in [0.15, 0.2) is 34.1 Å². The fourth-order valence-electron chi connectivity index (χ4n) is 2.46. The van der Waals surface area contributed by atoms with E-state index in [1.165, 1.54) is 18.4 Å². The van der Waals surface area contributed by atoms with Gasteiger partial charge < -0.3 is 19.0 Å². The number of rotatable bonds is 5. The summed E-state index contributed by atoms with van der Waals surface area (Å²) in [5.74, 6) is 0.480. The van der Waals surface area contributed by atoms with Crippen LogP contribution in [-0.4, -0.2) is 24.8 Å². The molecule has 6 heteroatoms. The zero-order valence-corrected chi connectivity index (χ0v) is 13.6. The molecular formula is C17H16O5S. The van der Waals surface area contributed by atoms with Crippen molar-refractivity contribution in [1.29, 1.82) is 0 Å². The molecule has 1 aromatic carbocycles. The van der Waals surface area contributed by atoms with Gasteiger partial charge in [0.2, 0.25) is 0 Å². The van der Waals surface area contributed by atoms with E-state index < -0.39 is 5.97 Å². The van der Waals surface area contributed by atoms with Crippen LogP contribution in [0.3, 0.4) is 0 Å². The van der Waals surface area contributed by atoms with Crippen LogP contribution in [0, 0.1) is 0 Å². The summed E-state index contributed by atoms with van der Waals surface area (Å²) in [6, 6.07) is 7.19. The number of ether oxygens (including phenoxy) is 2. The average Bonchev–Trinajstić information content (AvgIpc) is 3.20. The minimum atomic E-state index is -0.452. The van der Waals surface area contributed by atoms with E-state index in [2.05, 4.69) is 0 Å². The second-order valence-corrected chi connectivity index (χ2v) is 5.78. The lowest BCUT2D eigenvalue weighted by Crippen LogP contribution is -2.05. The van der Waals surface area contributed by atoms with Gasteiger partial charge in [-0.1, -0.05) is 6.07 Å². The molecule has 0 saturated carbocycles. The first-order valence-electron chi connectivity index (χ1n) is 7.14. The van der Waals surface area contributed by atoms with E-state index >= 15 is 0 Å². The molecule has 0 atom stereocenters. The minimum absolute atomic E-state index is 0.159.